The van der Waals surface area contributed by atoms with Crippen molar-refractivity contribution in [3.8, 4) is 11.5 Å². The molecule has 0 aliphatic carbocycles. The highest BCUT2D eigenvalue weighted by Crippen LogP contribution is 2.29. The maximum atomic E-state index is 11.2. The molecule has 0 radical (unpaired) electrons. The van der Waals surface area contributed by atoms with Crippen molar-refractivity contribution in [3.05, 3.63) is 23.8 Å². The average molecular weight is 304 g/mol. The second kappa shape index (κ2) is 8.50. The lowest BCUT2D eigenvalue weighted by Crippen LogP contribution is -2.29. The van der Waals surface area contributed by atoms with E-state index in [1.54, 1.807) is 18.2 Å². The minimum atomic E-state index is -0.877. The van der Waals surface area contributed by atoms with Gasteiger partial charge in [0.25, 0.3) is 0 Å². The van der Waals surface area contributed by atoms with Crippen LogP contribution in [0.2, 0.25) is 0 Å². The first-order chi connectivity index (χ1) is 9.62. The Balaban J connectivity index is 2.59. The lowest BCUT2D eigenvalue weighted by atomic mass is 10.1. The lowest BCUT2D eigenvalue weighted by Gasteiger charge is -2.14. The number of aliphatic hydroxyl groups is 1. The number of aliphatic hydroxyl groups excluding tert-OH is 1. The zero-order valence-corrected chi connectivity index (χ0v) is 12.1. The third-order valence-corrected chi connectivity index (χ3v) is 2.70. The molecule has 0 fully saturated rings. The molecule has 0 aliphatic rings. The molecule has 1 aromatic carbocycles. The van der Waals surface area contributed by atoms with Gasteiger partial charge in [0.05, 0.1) is 32.7 Å². The fourth-order valence-corrected chi connectivity index (χ4v) is 1.62. The van der Waals surface area contributed by atoms with Crippen LogP contribution in [-0.2, 0) is 4.74 Å². The van der Waals surface area contributed by atoms with Crippen molar-refractivity contribution in [2.24, 2.45) is 0 Å². The van der Waals surface area contributed by atoms with Crippen LogP contribution in [-0.4, -0.2) is 44.5 Å². The van der Waals surface area contributed by atoms with Gasteiger partial charge in [-0.15, -0.1) is 11.6 Å². The summed E-state index contributed by atoms with van der Waals surface area (Å²) in [5.74, 6) is 1.30. The molecule has 1 amide bonds. The minimum absolute atomic E-state index is 0.0244. The van der Waals surface area contributed by atoms with Crippen molar-refractivity contribution in [1.82, 2.24) is 5.32 Å². The van der Waals surface area contributed by atoms with Gasteiger partial charge in [0, 0.05) is 0 Å². The van der Waals surface area contributed by atoms with Crippen LogP contribution in [0.25, 0.3) is 0 Å². The summed E-state index contributed by atoms with van der Waals surface area (Å²) in [4.78, 5) is 11.2. The highest BCUT2D eigenvalue weighted by molar-refractivity contribution is 6.18. The van der Waals surface area contributed by atoms with E-state index in [1.807, 2.05) is 0 Å². The van der Waals surface area contributed by atoms with Crippen molar-refractivity contribution in [1.29, 1.82) is 0 Å². The Morgan fingerprint density at radius 3 is 2.65 bits per heavy atom. The Morgan fingerprint density at radius 1 is 1.35 bits per heavy atom. The van der Waals surface area contributed by atoms with Gasteiger partial charge >= 0.3 is 6.09 Å². The summed E-state index contributed by atoms with van der Waals surface area (Å²) >= 11 is 5.39. The third-order valence-electron chi connectivity index (χ3n) is 2.54. The van der Waals surface area contributed by atoms with Crippen molar-refractivity contribution >= 4 is 17.7 Å². The van der Waals surface area contributed by atoms with Crippen LogP contribution in [0.4, 0.5) is 4.79 Å². The van der Waals surface area contributed by atoms with Crippen molar-refractivity contribution in [2.45, 2.75) is 6.10 Å². The van der Waals surface area contributed by atoms with E-state index >= 15 is 0 Å². The lowest BCUT2D eigenvalue weighted by molar-refractivity contribution is 0.135. The molecule has 20 heavy (non-hydrogen) atoms. The first-order valence-electron chi connectivity index (χ1n) is 5.99. The number of nitrogens with one attached hydrogen (secondary N) is 1. The van der Waals surface area contributed by atoms with Gasteiger partial charge in [0.15, 0.2) is 11.5 Å². The number of alkyl carbamates (subject to hydrolysis) is 1. The number of alkyl halides is 1. The van der Waals surface area contributed by atoms with Crippen LogP contribution in [0, 0.1) is 0 Å². The Hall–Kier alpha value is -1.66. The van der Waals surface area contributed by atoms with Crippen LogP contribution in [0.1, 0.15) is 11.7 Å². The van der Waals surface area contributed by atoms with Gasteiger partial charge in [-0.3, -0.25) is 0 Å². The largest absolute Gasteiger partial charge is 0.493 e. The number of carbonyl (C=O) groups excluding carboxylic acids is 1. The van der Waals surface area contributed by atoms with Gasteiger partial charge in [-0.25, -0.2) is 4.79 Å². The highest BCUT2D eigenvalue weighted by Gasteiger charge is 2.13. The molecule has 1 atom stereocenters. The maximum Gasteiger partial charge on any atom is 0.407 e. The first-order valence-corrected chi connectivity index (χ1v) is 6.52. The van der Waals surface area contributed by atoms with Crippen LogP contribution >= 0.6 is 11.6 Å². The molecule has 112 valence electrons. The number of amides is 1. The summed E-state index contributed by atoms with van der Waals surface area (Å²) in [5.41, 5.74) is 0.597. The fraction of sp³-hybridized carbons (Fsp3) is 0.462. The van der Waals surface area contributed by atoms with Crippen LogP contribution in [0.3, 0.4) is 0 Å². The molecular formula is C13H18ClNO5. The molecule has 0 saturated carbocycles. The van der Waals surface area contributed by atoms with Gasteiger partial charge in [-0.2, -0.15) is 0 Å². The van der Waals surface area contributed by atoms with E-state index < -0.39 is 12.2 Å². The fourth-order valence-electron chi connectivity index (χ4n) is 1.54. The number of methoxy groups -OCH3 is 2. The number of ether oxygens (including phenoxy) is 3. The normalized spacial score (nSPS) is 11.6. The van der Waals surface area contributed by atoms with E-state index in [4.69, 9.17) is 25.8 Å². The number of hydrogen-bond acceptors (Lipinski definition) is 5. The molecule has 1 rings (SSSR count). The minimum Gasteiger partial charge on any atom is -0.493 e. The summed E-state index contributed by atoms with van der Waals surface area (Å²) < 4.78 is 15.0. The summed E-state index contributed by atoms with van der Waals surface area (Å²) in [6.45, 7) is 0.149. The molecular weight excluding hydrogens is 286 g/mol. The predicted octanol–water partition coefficient (Wildman–Crippen LogP) is 1.70. The summed E-state index contributed by atoms with van der Waals surface area (Å²) in [5, 5.41) is 12.4. The Bertz CT molecular complexity index is 441. The van der Waals surface area contributed by atoms with Gasteiger partial charge in [0.2, 0.25) is 0 Å². The summed E-state index contributed by atoms with van der Waals surface area (Å²) in [7, 11) is 3.04. The SMILES string of the molecule is COc1ccc(C(O)CNC(=O)OCCCl)cc1OC. The topological polar surface area (TPSA) is 77.0 Å². The van der Waals surface area contributed by atoms with Crippen molar-refractivity contribution < 1.29 is 24.1 Å². The van der Waals surface area contributed by atoms with Crippen molar-refractivity contribution in [3.63, 3.8) is 0 Å². The van der Waals surface area contributed by atoms with Crippen LogP contribution in [0.5, 0.6) is 11.5 Å². The number of benzene rings is 1. The molecule has 0 aliphatic heterocycles. The van der Waals surface area contributed by atoms with Gasteiger partial charge in [-0.05, 0) is 17.7 Å². The Morgan fingerprint density at radius 2 is 2.05 bits per heavy atom. The Labute approximate surface area is 122 Å². The van der Waals surface area contributed by atoms with Gasteiger partial charge in [-0.1, -0.05) is 6.07 Å². The van der Waals surface area contributed by atoms with E-state index in [2.05, 4.69) is 5.32 Å². The average Bonchev–Trinajstić information content (AvgIpc) is 2.49. The summed E-state index contributed by atoms with van der Waals surface area (Å²) in [6, 6.07) is 5.02. The van der Waals surface area contributed by atoms with Gasteiger partial charge < -0.3 is 24.6 Å². The Kier molecular flexibility index (Phi) is 6.97. The molecule has 2 N–H and O–H groups in total. The van der Waals surface area contributed by atoms with E-state index in [0.29, 0.717) is 17.1 Å². The molecule has 0 saturated heterocycles. The molecule has 6 nitrogen and oxygen atoms in total. The van der Waals surface area contributed by atoms with E-state index in [0.717, 1.165) is 0 Å². The standard InChI is InChI=1S/C13H18ClNO5/c1-18-11-4-3-9(7-12(11)19-2)10(16)8-15-13(17)20-6-5-14/h3-4,7,10,16H,5-6,8H2,1-2H3,(H,15,17). The smallest absolute Gasteiger partial charge is 0.407 e. The van der Waals surface area contributed by atoms with E-state index in [1.165, 1.54) is 14.2 Å². The summed E-state index contributed by atoms with van der Waals surface area (Å²) in [6.07, 6.45) is -1.50. The molecule has 1 unspecified atom stereocenters. The zero-order valence-electron chi connectivity index (χ0n) is 11.4. The molecule has 0 heterocycles. The highest BCUT2D eigenvalue weighted by atomic mass is 35.5. The maximum absolute atomic E-state index is 11.2. The second-order valence-electron chi connectivity index (χ2n) is 3.84. The van der Waals surface area contributed by atoms with E-state index in [9.17, 15) is 9.90 Å². The van der Waals surface area contributed by atoms with Gasteiger partial charge in [0.1, 0.15) is 6.61 Å². The van der Waals surface area contributed by atoms with Crippen LogP contribution < -0.4 is 14.8 Å². The van der Waals surface area contributed by atoms with Crippen LogP contribution in [0.15, 0.2) is 18.2 Å². The molecule has 7 heteroatoms. The molecule has 0 aromatic heterocycles. The third kappa shape index (κ3) is 4.79. The predicted molar refractivity (Wildman–Crippen MR) is 74.6 cm³/mol. The zero-order chi connectivity index (χ0) is 15.0. The second-order valence-corrected chi connectivity index (χ2v) is 4.21. The number of carbonyl (C=O) groups is 1. The number of hydrogen-bond donors (Lipinski definition) is 2. The monoisotopic (exact) mass is 303 g/mol. The molecule has 1 aromatic rings. The molecule has 0 spiro atoms. The first kappa shape index (κ1) is 16.4. The van der Waals surface area contributed by atoms with E-state index in [-0.39, 0.29) is 19.0 Å². The number of halogens is 1. The molecule has 0 bridgehead atoms. The van der Waals surface area contributed by atoms with Crippen molar-refractivity contribution in [2.75, 3.05) is 33.3 Å². The number of rotatable bonds is 7. The quantitative estimate of drug-likeness (QED) is 0.750.